The maximum atomic E-state index is 5.78. The van der Waals surface area contributed by atoms with Gasteiger partial charge >= 0.3 is 0 Å². The van der Waals surface area contributed by atoms with E-state index in [0.29, 0.717) is 12.5 Å². The summed E-state index contributed by atoms with van der Waals surface area (Å²) in [6.07, 6.45) is 0.754. The van der Waals surface area contributed by atoms with E-state index in [1.165, 1.54) is 10.4 Å². The van der Waals surface area contributed by atoms with Crippen molar-refractivity contribution in [2.75, 3.05) is 13.2 Å². The molecule has 0 radical (unpaired) electrons. The Morgan fingerprint density at radius 1 is 1.45 bits per heavy atom. The molecule has 6 nitrogen and oxygen atoms in total. The molecule has 1 N–H and O–H groups in total. The van der Waals surface area contributed by atoms with Gasteiger partial charge in [0.15, 0.2) is 5.82 Å². The number of para-hydroxylation sites is 1. The highest BCUT2D eigenvalue weighted by Gasteiger charge is 2.31. The van der Waals surface area contributed by atoms with Gasteiger partial charge in [-0.05, 0) is 17.8 Å². The van der Waals surface area contributed by atoms with Gasteiger partial charge in [-0.3, -0.25) is 0 Å². The van der Waals surface area contributed by atoms with Crippen LogP contribution in [0.1, 0.15) is 24.2 Å². The Kier molecular flexibility index (Phi) is 3.64. The Labute approximate surface area is 118 Å². The van der Waals surface area contributed by atoms with Crippen LogP contribution in [0, 0.1) is 0 Å². The van der Waals surface area contributed by atoms with E-state index in [-0.39, 0.29) is 6.04 Å². The fourth-order valence-electron chi connectivity index (χ4n) is 2.74. The predicted molar refractivity (Wildman–Crippen MR) is 74.6 cm³/mol. The number of benzene rings is 1. The van der Waals surface area contributed by atoms with E-state index in [2.05, 4.69) is 39.8 Å². The van der Waals surface area contributed by atoms with Crippen molar-refractivity contribution in [1.29, 1.82) is 0 Å². The van der Waals surface area contributed by atoms with Crippen LogP contribution < -0.4 is 10.1 Å². The first-order valence-corrected chi connectivity index (χ1v) is 6.96. The van der Waals surface area contributed by atoms with Gasteiger partial charge in [0.2, 0.25) is 0 Å². The molecule has 20 heavy (non-hydrogen) atoms. The summed E-state index contributed by atoms with van der Waals surface area (Å²) in [6.45, 7) is 3.72. The van der Waals surface area contributed by atoms with E-state index in [4.69, 9.17) is 4.74 Å². The van der Waals surface area contributed by atoms with Gasteiger partial charge in [0.1, 0.15) is 5.75 Å². The molecule has 2 aromatic rings. The van der Waals surface area contributed by atoms with Crippen molar-refractivity contribution in [2.45, 2.75) is 25.3 Å². The third-order valence-corrected chi connectivity index (χ3v) is 3.64. The van der Waals surface area contributed by atoms with Crippen molar-refractivity contribution < 1.29 is 4.74 Å². The lowest BCUT2D eigenvalue weighted by atomic mass is 9.91. The lowest BCUT2D eigenvalue weighted by Crippen LogP contribution is -2.37. The van der Waals surface area contributed by atoms with Crippen LogP contribution in [0.2, 0.25) is 0 Å². The van der Waals surface area contributed by atoms with Crippen molar-refractivity contribution in [3.8, 4) is 5.75 Å². The number of likely N-dealkylation sites (N-methyl/N-ethyl adjacent to an activating group) is 1. The monoisotopic (exact) mass is 273 g/mol. The van der Waals surface area contributed by atoms with E-state index in [1.54, 1.807) is 7.05 Å². The number of ether oxygens (including phenoxy) is 1. The van der Waals surface area contributed by atoms with Gasteiger partial charge in [0.05, 0.1) is 13.7 Å². The quantitative estimate of drug-likeness (QED) is 0.877. The van der Waals surface area contributed by atoms with E-state index < -0.39 is 0 Å². The van der Waals surface area contributed by atoms with E-state index in [1.807, 2.05) is 12.1 Å². The summed E-state index contributed by atoms with van der Waals surface area (Å²) in [5.74, 6) is 2.09. The number of hydrogen-bond acceptors (Lipinski definition) is 5. The van der Waals surface area contributed by atoms with Gasteiger partial charge in [0, 0.05) is 23.9 Å². The molecule has 0 fully saturated rings. The van der Waals surface area contributed by atoms with Crippen molar-refractivity contribution in [3.63, 3.8) is 0 Å². The summed E-state index contributed by atoms with van der Waals surface area (Å²) in [7, 11) is 1.78. The molecular formula is C14H19N5O. The molecule has 106 valence electrons. The molecule has 0 amide bonds. The number of hydrogen-bond donors (Lipinski definition) is 1. The molecule has 0 saturated carbocycles. The zero-order valence-corrected chi connectivity index (χ0v) is 11.8. The highest BCUT2D eigenvalue weighted by Crippen LogP contribution is 2.36. The Bertz CT molecular complexity index is 582. The first-order chi connectivity index (χ1) is 9.78. The smallest absolute Gasteiger partial charge is 0.176 e. The molecule has 2 atom stereocenters. The molecule has 2 heterocycles. The van der Waals surface area contributed by atoms with E-state index in [0.717, 1.165) is 24.5 Å². The fraction of sp³-hybridized carbons (Fsp3) is 0.500. The highest BCUT2D eigenvalue weighted by molar-refractivity contribution is 5.40. The number of aromatic nitrogens is 4. The van der Waals surface area contributed by atoms with E-state index >= 15 is 0 Å². The van der Waals surface area contributed by atoms with Crippen LogP contribution in [0.25, 0.3) is 0 Å². The van der Waals surface area contributed by atoms with Crippen LogP contribution in [0.3, 0.4) is 0 Å². The minimum atomic E-state index is 0.257. The van der Waals surface area contributed by atoms with Crippen LogP contribution >= 0.6 is 0 Å². The third-order valence-electron chi connectivity index (χ3n) is 3.64. The second-order valence-corrected chi connectivity index (χ2v) is 5.02. The van der Waals surface area contributed by atoms with Crippen LogP contribution in [-0.4, -0.2) is 39.4 Å². The second kappa shape index (κ2) is 5.58. The molecule has 0 spiro atoms. The van der Waals surface area contributed by atoms with Crippen molar-refractivity contribution in [1.82, 2.24) is 25.5 Å². The van der Waals surface area contributed by atoms with Crippen LogP contribution in [0.4, 0.5) is 0 Å². The summed E-state index contributed by atoms with van der Waals surface area (Å²) in [4.78, 5) is 1.50. The van der Waals surface area contributed by atoms with Gasteiger partial charge in [0.25, 0.3) is 0 Å². The molecule has 3 rings (SSSR count). The molecule has 0 aliphatic carbocycles. The molecule has 1 aliphatic rings. The lowest BCUT2D eigenvalue weighted by Gasteiger charge is -2.22. The van der Waals surface area contributed by atoms with Crippen LogP contribution in [0.15, 0.2) is 24.3 Å². The second-order valence-electron chi connectivity index (χ2n) is 5.02. The SMILES string of the molecule is CCNC(Cc1nnn(C)n1)C1COc2ccccc21. The number of nitrogens with one attached hydrogen (secondary N) is 1. The first-order valence-electron chi connectivity index (χ1n) is 6.96. The van der Waals surface area contributed by atoms with Gasteiger partial charge in [-0.1, -0.05) is 25.1 Å². The van der Waals surface area contributed by atoms with Crippen molar-refractivity contribution >= 4 is 0 Å². The van der Waals surface area contributed by atoms with E-state index in [9.17, 15) is 0 Å². The molecule has 2 unspecified atom stereocenters. The third kappa shape index (κ3) is 2.51. The topological polar surface area (TPSA) is 64.9 Å². The molecule has 1 aromatic carbocycles. The van der Waals surface area contributed by atoms with Crippen molar-refractivity contribution in [2.24, 2.45) is 7.05 Å². The Hall–Kier alpha value is -1.95. The molecule has 0 saturated heterocycles. The maximum Gasteiger partial charge on any atom is 0.176 e. The number of tetrazole rings is 1. The molecule has 6 heteroatoms. The number of fused-ring (bicyclic) bond motifs is 1. The normalized spacial score (nSPS) is 18.6. The van der Waals surface area contributed by atoms with Crippen molar-refractivity contribution in [3.05, 3.63) is 35.7 Å². The zero-order chi connectivity index (χ0) is 13.9. The predicted octanol–water partition coefficient (Wildman–Crippen LogP) is 0.907. The van der Waals surface area contributed by atoms with Gasteiger partial charge in [-0.15, -0.1) is 10.2 Å². The number of aryl methyl sites for hydroxylation is 1. The molecule has 1 aliphatic heterocycles. The lowest BCUT2D eigenvalue weighted by molar-refractivity contribution is 0.297. The Balaban J connectivity index is 1.81. The van der Waals surface area contributed by atoms with Gasteiger partial charge in [-0.25, -0.2) is 0 Å². The summed E-state index contributed by atoms with van der Waals surface area (Å²) in [5, 5.41) is 15.8. The standard InChI is InChI=1S/C14H19N5O/c1-3-15-12(8-14-16-18-19(2)17-14)11-9-20-13-7-5-4-6-10(11)13/h4-7,11-12,15H,3,8-9H2,1-2H3. The van der Waals surface area contributed by atoms with Gasteiger partial charge in [-0.2, -0.15) is 4.80 Å². The average molecular weight is 273 g/mol. The summed E-state index contributed by atoms with van der Waals surface area (Å²) in [6, 6.07) is 8.49. The maximum absolute atomic E-state index is 5.78. The minimum absolute atomic E-state index is 0.257. The molecule has 1 aromatic heterocycles. The summed E-state index contributed by atoms with van der Waals surface area (Å²) >= 11 is 0. The Morgan fingerprint density at radius 2 is 2.30 bits per heavy atom. The molecular weight excluding hydrogens is 254 g/mol. The molecule has 0 bridgehead atoms. The number of rotatable bonds is 5. The zero-order valence-electron chi connectivity index (χ0n) is 11.8. The first kappa shape index (κ1) is 13.1. The van der Waals surface area contributed by atoms with Crippen LogP contribution in [0.5, 0.6) is 5.75 Å². The Morgan fingerprint density at radius 3 is 3.05 bits per heavy atom. The average Bonchev–Trinajstić information content (AvgIpc) is 3.04. The minimum Gasteiger partial charge on any atom is -0.493 e. The van der Waals surface area contributed by atoms with Gasteiger partial charge < -0.3 is 10.1 Å². The summed E-state index contributed by atoms with van der Waals surface area (Å²) in [5.41, 5.74) is 1.27. The highest BCUT2D eigenvalue weighted by atomic mass is 16.5. The largest absolute Gasteiger partial charge is 0.493 e. The summed E-state index contributed by atoms with van der Waals surface area (Å²) < 4.78 is 5.78. The van der Waals surface area contributed by atoms with Crippen LogP contribution in [-0.2, 0) is 13.5 Å². The number of nitrogens with zero attached hydrogens (tertiary/aromatic N) is 4. The fourth-order valence-corrected chi connectivity index (χ4v) is 2.74.